The molecule has 2 rings (SSSR count). The van der Waals surface area contributed by atoms with Crippen molar-refractivity contribution in [1.29, 1.82) is 0 Å². The van der Waals surface area contributed by atoms with Gasteiger partial charge in [0.05, 0.1) is 19.9 Å². The molecule has 0 aliphatic heterocycles. The van der Waals surface area contributed by atoms with Gasteiger partial charge in [0, 0.05) is 12.1 Å². The van der Waals surface area contributed by atoms with Crippen LogP contribution in [0.5, 0.6) is 11.5 Å². The molecule has 0 spiro atoms. The molecule has 1 amide bonds. The third-order valence-corrected chi connectivity index (χ3v) is 2.99. The van der Waals surface area contributed by atoms with Crippen molar-refractivity contribution in [2.75, 3.05) is 13.7 Å². The van der Waals surface area contributed by atoms with Crippen LogP contribution in [0.2, 0.25) is 0 Å². The van der Waals surface area contributed by atoms with E-state index in [4.69, 9.17) is 9.47 Å². The number of halogens is 1. The van der Waals surface area contributed by atoms with Crippen LogP contribution in [0.25, 0.3) is 0 Å². The maximum atomic E-state index is 11.8. The van der Waals surface area contributed by atoms with Crippen LogP contribution in [0.4, 0.5) is 0 Å². The highest BCUT2D eigenvalue weighted by atomic mass is 35.5. The first-order chi connectivity index (χ1) is 11.2. The number of nitrogens with one attached hydrogen (secondary N) is 1. The highest BCUT2D eigenvalue weighted by Crippen LogP contribution is 2.27. The van der Waals surface area contributed by atoms with E-state index in [2.05, 4.69) is 10.5 Å². The molecule has 1 aromatic heterocycles. The van der Waals surface area contributed by atoms with Crippen molar-refractivity contribution in [1.82, 2.24) is 5.43 Å². The van der Waals surface area contributed by atoms with E-state index in [0.29, 0.717) is 18.1 Å². The molecule has 2 aromatic rings. The summed E-state index contributed by atoms with van der Waals surface area (Å²) >= 11 is 0. The third-order valence-electron chi connectivity index (χ3n) is 2.99. The molecule has 6 nitrogen and oxygen atoms in total. The fourth-order valence-electron chi connectivity index (χ4n) is 1.96. The van der Waals surface area contributed by atoms with E-state index >= 15 is 0 Å². The van der Waals surface area contributed by atoms with E-state index in [1.54, 1.807) is 24.0 Å². The molecule has 0 aliphatic rings. The molecule has 0 atom stereocenters. The Morgan fingerprint density at radius 1 is 1.25 bits per heavy atom. The third kappa shape index (κ3) is 5.89. The summed E-state index contributed by atoms with van der Waals surface area (Å²) in [6.07, 6.45) is 5.21. The van der Waals surface area contributed by atoms with E-state index < -0.39 is 0 Å². The highest BCUT2D eigenvalue weighted by molar-refractivity contribution is 5.82. The molecule has 0 saturated heterocycles. The topological polar surface area (TPSA) is 63.8 Å². The molecule has 1 heterocycles. The van der Waals surface area contributed by atoms with Crippen LogP contribution in [0.3, 0.4) is 0 Å². The number of hydrazone groups is 1. The summed E-state index contributed by atoms with van der Waals surface area (Å²) in [4.78, 5) is 11.8. The first-order valence-electron chi connectivity index (χ1n) is 7.29. The number of benzene rings is 1. The van der Waals surface area contributed by atoms with Crippen LogP contribution in [-0.2, 0) is 11.3 Å². The van der Waals surface area contributed by atoms with Gasteiger partial charge in [-0.15, -0.1) is 0 Å². The lowest BCUT2D eigenvalue weighted by Crippen LogP contribution is -3.00. The molecule has 128 valence electrons. The molecule has 0 unspecified atom stereocenters. The molecule has 0 fully saturated rings. The van der Waals surface area contributed by atoms with Crippen molar-refractivity contribution >= 4 is 12.1 Å². The van der Waals surface area contributed by atoms with Crippen LogP contribution >= 0.6 is 0 Å². The van der Waals surface area contributed by atoms with Crippen molar-refractivity contribution in [3.05, 3.63) is 54.4 Å². The van der Waals surface area contributed by atoms with Gasteiger partial charge in [0.2, 0.25) is 6.54 Å². The van der Waals surface area contributed by atoms with E-state index in [1.807, 2.05) is 49.6 Å². The number of rotatable bonds is 7. The molecule has 0 saturated carbocycles. The van der Waals surface area contributed by atoms with Crippen LogP contribution in [0.1, 0.15) is 12.5 Å². The Balaban J connectivity index is 0.00000288. The van der Waals surface area contributed by atoms with Crippen molar-refractivity contribution in [2.24, 2.45) is 5.10 Å². The second kappa shape index (κ2) is 10.2. The Bertz CT molecular complexity index is 678. The zero-order chi connectivity index (χ0) is 16.5. The SMILES string of the molecule is CCOc1cc(/C=N/NC(=O)C[n+]2ccccc2)ccc1OC.[Cl-]. The van der Waals surface area contributed by atoms with E-state index in [-0.39, 0.29) is 24.9 Å². The number of hydrogen-bond donors (Lipinski definition) is 1. The second-order valence-electron chi connectivity index (χ2n) is 4.68. The van der Waals surface area contributed by atoms with Gasteiger partial charge >= 0.3 is 5.91 Å². The lowest BCUT2D eigenvalue weighted by molar-refractivity contribution is -0.684. The molecule has 0 radical (unpaired) electrons. The quantitative estimate of drug-likeness (QED) is 0.377. The second-order valence-corrected chi connectivity index (χ2v) is 4.68. The van der Waals surface area contributed by atoms with Gasteiger partial charge < -0.3 is 21.9 Å². The van der Waals surface area contributed by atoms with Crippen molar-refractivity contribution < 1.29 is 31.2 Å². The van der Waals surface area contributed by atoms with Crippen molar-refractivity contribution in [3.8, 4) is 11.5 Å². The summed E-state index contributed by atoms with van der Waals surface area (Å²) in [5, 5.41) is 3.96. The Labute approximate surface area is 147 Å². The molecular formula is C17H20ClN3O3. The van der Waals surface area contributed by atoms with Gasteiger partial charge in [-0.2, -0.15) is 9.67 Å². The Morgan fingerprint density at radius 2 is 2.00 bits per heavy atom. The van der Waals surface area contributed by atoms with Crippen LogP contribution < -0.4 is 31.9 Å². The first-order valence-corrected chi connectivity index (χ1v) is 7.29. The van der Waals surface area contributed by atoms with E-state index in [0.717, 1.165) is 5.56 Å². The largest absolute Gasteiger partial charge is 1.00 e. The number of pyridine rings is 1. The van der Waals surface area contributed by atoms with Gasteiger partial charge in [-0.1, -0.05) is 6.07 Å². The Kier molecular flexibility index (Phi) is 8.29. The fourth-order valence-corrected chi connectivity index (χ4v) is 1.96. The van der Waals surface area contributed by atoms with Gasteiger partial charge in [-0.05, 0) is 30.7 Å². The van der Waals surface area contributed by atoms with E-state index in [1.165, 1.54) is 0 Å². The maximum absolute atomic E-state index is 11.8. The van der Waals surface area contributed by atoms with E-state index in [9.17, 15) is 4.79 Å². The normalized spacial score (nSPS) is 10.1. The number of amides is 1. The molecule has 1 N–H and O–H groups in total. The number of nitrogens with zero attached hydrogens (tertiary/aromatic N) is 2. The van der Waals surface area contributed by atoms with Crippen LogP contribution in [-0.4, -0.2) is 25.8 Å². The summed E-state index contributed by atoms with van der Waals surface area (Å²) < 4.78 is 12.5. The number of aromatic nitrogens is 1. The fraction of sp³-hybridized carbons (Fsp3) is 0.235. The predicted molar refractivity (Wildman–Crippen MR) is 86.5 cm³/mol. The standard InChI is InChI=1S/C17H19N3O3.ClH/c1-3-23-16-11-14(7-8-15(16)22-2)12-18-19-17(21)13-20-9-5-4-6-10-20;/h4-12H,3,13H2,1-2H3;1H/b18-12+;. The van der Waals surface area contributed by atoms with Crippen LogP contribution in [0, 0.1) is 0 Å². The zero-order valence-corrected chi connectivity index (χ0v) is 14.4. The first kappa shape index (κ1) is 19.4. The van der Waals surface area contributed by atoms with Gasteiger partial charge in [0.1, 0.15) is 0 Å². The number of carbonyl (C=O) groups excluding carboxylic acids is 1. The monoisotopic (exact) mass is 349 g/mol. The maximum Gasteiger partial charge on any atom is 0.305 e. The summed E-state index contributed by atoms with van der Waals surface area (Å²) in [6, 6.07) is 11.1. The average molecular weight is 350 g/mol. The molecule has 0 bridgehead atoms. The number of hydrogen-bond acceptors (Lipinski definition) is 4. The lowest BCUT2D eigenvalue weighted by Gasteiger charge is -2.09. The summed E-state index contributed by atoms with van der Waals surface area (Å²) in [5.41, 5.74) is 3.30. The summed E-state index contributed by atoms with van der Waals surface area (Å²) in [5.74, 6) is 1.11. The Hall–Kier alpha value is -2.60. The average Bonchev–Trinajstić information content (AvgIpc) is 2.56. The smallest absolute Gasteiger partial charge is 0.305 e. The molecule has 1 aromatic carbocycles. The number of ether oxygens (including phenoxy) is 2. The number of methoxy groups -OCH3 is 1. The molecular weight excluding hydrogens is 330 g/mol. The van der Waals surface area contributed by atoms with Crippen LogP contribution in [0.15, 0.2) is 53.9 Å². The highest BCUT2D eigenvalue weighted by Gasteiger charge is 2.07. The van der Waals surface area contributed by atoms with Gasteiger partial charge in [-0.25, -0.2) is 5.43 Å². The van der Waals surface area contributed by atoms with Crippen molar-refractivity contribution in [3.63, 3.8) is 0 Å². The minimum absolute atomic E-state index is 0. The molecule has 7 heteroatoms. The summed E-state index contributed by atoms with van der Waals surface area (Å²) in [7, 11) is 1.59. The molecule has 0 aliphatic carbocycles. The number of carbonyl (C=O) groups is 1. The lowest BCUT2D eigenvalue weighted by atomic mass is 10.2. The van der Waals surface area contributed by atoms with Gasteiger partial charge in [0.25, 0.3) is 0 Å². The zero-order valence-electron chi connectivity index (χ0n) is 13.6. The minimum atomic E-state index is -0.198. The minimum Gasteiger partial charge on any atom is -1.00 e. The summed E-state index contributed by atoms with van der Waals surface area (Å²) in [6.45, 7) is 2.66. The van der Waals surface area contributed by atoms with Gasteiger partial charge in [-0.3, -0.25) is 4.79 Å². The predicted octanol–water partition coefficient (Wildman–Crippen LogP) is -1.46. The molecule has 24 heavy (non-hydrogen) atoms. The Morgan fingerprint density at radius 3 is 2.67 bits per heavy atom. The van der Waals surface area contributed by atoms with Gasteiger partial charge in [0.15, 0.2) is 23.9 Å². The van der Waals surface area contributed by atoms with Crippen molar-refractivity contribution in [2.45, 2.75) is 13.5 Å².